The number of rotatable bonds is 6. The summed E-state index contributed by atoms with van der Waals surface area (Å²) in [6.07, 6.45) is 2.81. The van der Waals surface area contributed by atoms with E-state index in [1.807, 2.05) is 0 Å². The van der Waals surface area contributed by atoms with Crippen molar-refractivity contribution in [3.63, 3.8) is 0 Å². The summed E-state index contributed by atoms with van der Waals surface area (Å²) >= 11 is 0. The first-order chi connectivity index (χ1) is 14.1. The van der Waals surface area contributed by atoms with Crippen molar-refractivity contribution >= 4 is 22.8 Å². The average molecular weight is 398 g/mol. The van der Waals surface area contributed by atoms with E-state index in [0.29, 0.717) is 42.8 Å². The molecule has 0 radical (unpaired) electrons. The van der Waals surface area contributed by atoms with Gasteiger partial charge in [-0.2, -0.15) is 0 Å². The van der Waals surface area contributed by atoms with Gasteiger partial charge in [0.1, 0.15) is 18.1 Å². The number of furan rings is 1. The third-order valence-corrected chi connectivity index (χ3v) is 5.55. The van der Waals surface area contributed by atoms with E-state index in [2.05, 4.69) is 0 Å². The van der Waals surface area contributed by atoms with E-state index >= 15 is 0 Å². The van der Waals surface area contributed by atoms with Gasteiger partial charge in [0.15, 0.2) is 11.4 Å². The molecule has 1 aliphatic rings. The van der Waals surface area contributed by atoms with Crippen LogP contribution in [0, 0.1) is 11.7 Å². The van der Waals surface area contributed by atoms with Gasteiger partial charge in [-0.25, -0.2) is 4.39 Å². The Balaban J connectivity index is 1.56. The van der Waals surface area contributed by atoms with Gasteiger partial charge < -0.3 is 18.6 Å². The number of halogens is 1. The summed E-state index contributed by atoms with van der Waals surface area (Å²) in [5, 5.41) is 0. The maximum atomic E-state index is 14.2. The molecule has 0 saturated carbocycles. The number of nitrogens with zero attached hydrogens (tertiary/aromatic N) is 2. The Bertz CT molecular complexity index is 1030. The zero-order valence-corrected chi connectivity index (χ0v) is 16.3. The number of ether oxygens (including phenoxy) is 1. The highest BCUT2D eigenvalue weighted by molar-refractivity contribution is 5.97. The van der Waals surface area contributed by atoms with Gasteiger partial charge in [0.25, 0.3) is 5.91 Å². The van der Waals surface area contributed by atoms with Gasteiger partial charge in [-0.15, -0.1) is 0 Å². The molecule has 7 heteroatoms. The number of hydrogen-bond donors (Lipinski definition) is 0. The lowest BCUT2D eigenvalue weighted by molar-refractivity contribution is -0.127. The van der Waals surface area contributed by atoms with Gasteiger partial charge in [0.2, 0.25) is 0 Å². The summed E-state index contributed by atoms with van der Waals surface area (Å²) in [4.78, 5) is 27.0. The molecule has 0 aliphatic carbocycles. The smallest absolute Gasteiger partial charge is 0.270 e. The van der Waals surface area contributed by atoms with Crippen LogP contribution in [0.15, 0.2) is 47.1 Å². The van der Waals surface area contributed by atoms with Gasteiger partial charge in [-0.3, -0.25) is 9.59 Å². The first-order valence-electron chi connectivity index (χ1n) is 9.69. The monoisotopic (exact) mass is 398 g/mol. The molecule has 0 N–H and O–H groups in total. The normalized spacial score (nSPS) is 15.2. The number of likely N-dealkylation sites (tertiary alicyclic amines) is 1. The molecule has 0 bridgehead atoms. The van der Waals surface area contributed by atoms with Crippen LogP contribution in [-0.2, 0) is 16.1 Å². The molecule has 1 amide bonds. The minimum atomic E-state index is -0.311. The van der Waals surface area contributed by atoms with Crippen molar-refractivity contribution in [2.45, 2.75) is 19.4 Å². The van der Waals surface area contributed by atoms with Crippen molar-refractivity contribution in [2.24, 2.45) is 5.92 Å². The van der Waals surface area contributed by atoms with Crippen molar-refractivity contribution in [2.75, 3.05) is 26.8 Å². The molecule has 1 aromatic carbocycles. The van der Waals surface area contributed by atoms with Crippen LogP contribution in [-0.4, -0.2) is 48.0 Å². The Kier molecular flexibility index (Phi) is 5.49. The summed E-state index contributed by atoms with van der Waals surface area (Å²) in [5.74, 6) is -0.431. The fourth-order valence-electron chi connectivity index (χ4n) is 3.95. The Morgan fingerprint density at radius 2 is 1.97 bits per heavy atom. The number of Topliss-reactive ketones (excluding diaryl/α,β-unsaturated/α-hetero) is 1. The van der Waals surface area contributed by atoms with Gasteiger partial charge in [-0.1, -0.05) is 18.2 Å². The summed E-state index contributed by atoms with van der Waals surface area (Å²) in [5.41, 5.74) is 2.31. The topological polar surface area (TPSA) is 64.7 Å². The predicted octanol–water partition coefficient (Wildman–Crippen LogP) is 3.49. The number of carbonyl (C=O) groups excluding carboxylic acids is 2. The van der Waals surface area contributed by atoms with Gasteiger partial charge in [0.05, 0.1) is 18.3 Å². The van der Waals surface area contributed by atoms with Crippen LogP contribution in [0.2, 0.25) is 0 Å². The maximum Gasteiger partial charge on any atom is 0.270 e. The number of ketones is 1. The fourth-order valence-corrected chi connectivity index (χ4v) is 3.95. The van der Waals surface area contributed by atoms with Gasteiger partial charge in [-0.05, 0) is 18.9 Å². The zero-order valence-electron chi connectivity index (χ0n) is 16.3. The molecule has 1 fully saturated rings. The molecule has 29 heavy (non-hydrogen) atoms. The highest BCUT2D eigenvalue weighted by Crippen LogP contribution is 2.26. The zero-order chi connectivity index (χ0) is 20.4. The molecule has 0 spiro atoms. The van der Waals surface area contributed by atoms with E-state index in [1.54, 1.807) is 46.1 Å². The van der Waals surface area contributed by atoms with E-state index in [4.69, 9.17) is 9.15 Å². The van der Waals surface area contributed by atoms with Crippen LogP contribution >= 0.6 is 0 Å². The Morgan fingerprint density at radius 3 is 2.69 bits per heavy atom. The number of aromatic nitrogens is 1. The van der Waals surface area contributed by atoms with Crippen molar-refractivity contribution in [3.8, 4) is 0 Å². The van der Waals surface area contributed by atoms with Gasteiger partial charge in [0, 0.05) is 43.8 Å². The van der Waals surface area contributed by atoms with E-state index in [9.17, 15) is 14.0 Å². The molecule has 4 rings (SSSR count). The predicted molar refractivity (Wildman–Crippen MR) is 105 cm³/mol. The van der Waals surface area contributed by atoms with E-state index in [0.717, 1.165) is 5.52 Å². The largest absolute Gasteiger partial charge is 0.463 e. The van der Waals surface area contributed by atoms with Crippen LogP contribution < -0.4 is 0 Å². The summed E-state index contributed by atoms with van der Waals surface area (Å²) in [6.45, 7) is 1.36. The lowest BCUT2D eigenvalue weighted by atomic mass is 9.92. The molecule has 3 heterocycles. The van der Waals surface area contributed by atoms with E-state index < -0.39 is 0 Å². The second-order valence-electron chi connectivity index (χ2n) is 7.34. The van der Waals surface area contributed by atoms with E-state index in [1.165, 1.54) is 13.2 Å². The second-order valence-corrected chi connectivity index (χ2v) is 7.34. The number of amides is 1. The lowest BCUT2D eigenvalue weighted by Gasteiger charge is -2.31. The summed E-state index contributed by atoms with van der Waals surface area (Å²) in [7, 11) is 1.51. The SMILES string of the molecule is COCC(=O)C1CCN(C(=O)c2cc3occc3n2Cc2ccccc2F)CC1. The quantitative estimate of drug-likeness (QED) is 0.638. The summed E-state index contributed by atoms with van der Waals surface area (Å²) < 4.78 is 26.4. The number of fused-ring (bicyclic) bond motifs is 1. The highest BCUT2D eigenvalue weighted by atomic mass is 19.1. The number of hydrogen-bond acceptors (Lipinski definition) is 4. The van der Waals surface area contributed by atoms with E-state index in [-0.39, 0.29) is 36.6 Å². The Morgan fingerprint density at radius 1 is 1.21 bits per heavy atom. The van der Waals surface area contributed by atoms with Crippen molar-refractivity contribution in [3.05, 3.63) is 59.7 Å². The molecule has 3 aromatic rings. The number of piperidine rings is 1. The molecular weight excluding hydrogens is 375 g/mol. The third kappa shape index (κ3) is 3.82. The summed E-state index contributed by atoms with van der Waals surface area (Å²) in [6, 6.07) is 10.0. The Hall–Kier alpha value is -2.93. The maximum absolute atomic E-state index is 14.2. The van der Waals surface area contributed by atoms with Crippen LogP contribution in [0.3, 0.4) is 0 Å². The molecule has 0 unspecified atom stereocenters. The molecular formula is C22H23FN2O4. The first kappa shape index (κ1) is 19.4. The standard InChI is InChI=1S/C22H23FN2O4/c1-28-14-20(26)15-6-9-24(10-7-15)22(27)19-12-21-18(8-11-29-21)25(19)13-16-4-2-3-5-17(16)23/h2-5,8,11-12,15H,6-7,9-10,13-14H2,1H3. The van der Waals surface area contributed by atoms with Crippen LogP contribution in [0.5, 0.6) is 0 Å². The molecule has 6 nitrogen and oxygen atoms in total. The van der Waals surface area contributed by atoms with Gasteiger partial charge >= 0.3 is 0 Å². The van der Waals surface area contributed by atoms with Crippen LogP contribution in [0.4, 0.5) is 4.39 Å². The van der Waals surface area contributed by atoms with Crippen molar-refractivity contribution < 1.29 is 23.1 Å². The highest BCUT2D eigenvalue weighted by Gasteiger charge is 2.29. The molecule has 1 saturated heterocycles. The lowest BCUT2D eigenvalue weighted by Crippen LogP contribution is -2.41. The third-order valence-electron chi connectivity index (χ3n) is 5.55. The van der Waals surface area contributed by atoms with Crippen LogP contribution in [0.25, 0.3) is 11.1 Å². The average Bonchev–Trinajstić information content (AvgIpc) is 3.32. The van der Waals surface area contributed by atoms with Crippen molar-refractivity contribution in [1.82, 2.24) is 9.47 Å². The fraction of sp³-hybridized carbons (Fsp3) is 0.364. The van der Waals surface area contributed by atoms with Crippen LogP contribution in [0.1, 0.15) is 28.9 Å². The molecule has 2 aromatic heterocycles. The second kappa shape index (κ2) is 8.21. The number of methoxy groups -OCH3 is 1. The first-order valence-corrected chi connectivity index (χ1v) is 9.69. The minimum Gasteiger partial charge on any atom is -0.463 e. The molecule has 152 valence electrons. The molecule has 1 aliphatic heterocycles. The molecule has 0 atom stereocenters. The number of benzene rings is 1. The number of carbonyl (C=O) groups is 2. The minimum absolute atomic E-state index is 0.0690. The Labute approximate surface area is 167 Å². The van der Waals surface area contributed by atoms with Crippen molar-refractivity contribution in [1.29, 1.82) is 0 Å².